The molecule has 2 aromatic carbocycles. The number of hydrogen-bond donors (Lipinski definition) is 1. The van der Waals surface area contributed by atoms with Gasteiger partial charge in [-0.15, -0.1) is 0 Å². The molecular formula is C27H27ClN4O5S. The Balaban J connectivity index is 1.69. The average Bonchev–Trinajstić information content (AvgIpc) is 2.82. The number of anilines is 1. The summed E-state index contributed by atoms with van der Waals surface area (Å²) in [6, 6.07) is 15.8. The minimum absolute atomic E-state index is 0.212. The molecule has 4 rings (SSSR count). The number of pyridine rings is 1. The van der Waals surface area contributed by atoms with E-state index in [1.807, 2.05) is 12.1 Å². The minimum Gasteiger partial charge on any atom is -0.444 e. The summed E-state index contributed by atoms with van der Waals surface area (Å²) in [6.45, 7) is 5.57. The van der Waals surface area contributed by atoms with E-state index in [4.69, 9.17) is 16.3 Å². The maximum atomic E-state index is 13.6. The van der Waals surface area contributed by atoms with Gasteiger partial charge in [-0.25, -0.2) is 18.2 Å². The highest BCUT2D eigenvalue weighted by Gasteiger charge is 2.19. The highest BCUT2D eigenvalue weighted by Crippen LogP contribution is 2.27. The summed E-state index contributed by atoms with van der Waals surface area (Å²) in [7, 11) is -3.69. The first-order valence-electron chi connectivity index (χ1n) is 11.8. The number of benzene rings is 2. The Morgan fingerprint density at radius 1 is 1.08 bits per heavy atom. The molecule has 0 aliphatic rings. The van der Waals surface area contributed by atoms with Crippen molar-refractivity contribution in [2.75, 3.05) is 11.6 Å². The molecule has 0 spiro atoms. The van der Waals surface area contributed by atoms with Gasteiger partial charge >= 0.3 is 6.09 Å². The van der Waals surface area contributed by atoms with Crippen molar-refractivity contribution in [2.24, 2.45) is 0 Å². The number of ether oxygens (including phenoxy) is 1. The fourth-order valence-corrected chi connectivity index (χ4v) is 4.55. The van der Waals surface area contributed by atoms with E-state index in [0.29, 0.717) is 33.6 Å². The van der Waals surface area contributed by atoms with E-state index < -0.39 is 21.5 Å². The van der Waals surface area contributed by atoms with Crippen molar-refractivity contribution in [1.82, 2.24) is 14.5 Å². The van der Waals surface area contributed by atoms with Gasteiger partial charge in [0.25, 0.3) is 5.56 Å². The lowest BCUT2D eigenvalue weighted by atomic mass is 10.1. The van der Waals surface area contributed by atoms with Crippen LogP contribution in [0.2, 0.25) is 5.02 Å². The summed E-state index contributed by atoms with van der Waals surface area (Å²) in [5.74, 6) is 0. The number of nitrogens with one attached hydrogen (secondary N) is 1. The van der Waals surface area contributed by atoms with Crippen LogP contribution in [0.3, 0.4) is 0 Å². The van der Waals surface area contributed by atoms with Gasteiger partial charge < -0.3 is 4.74 Å². The van der Waals surface area contributed by atoms with Gasteiger partial charge in [-0.2, -0.15) is 4.98 Å². The third kappa shape index (κ3) is 6.38. The first kappa shape index (κ1) is 27.3. The largest absolute Gasteiger partial charge is 0.444 e. The van der Waals surface area contributed by atoms with Crippen LogP contribution in [0.5, 0.6) is 0 Å². The van der Waals surface area contributed by atoms with E-state index in [2.05, 4.69) is 15.3 Å². The van der Waals surface area contributed by atoms with E-state index in [9.17, 15) is 18.0 Å². The van der Waals surface area contributed by atoms with Crippen molar-refractivity contribution in [2.45, 2.75) is 44.5 Å². The first-order chi connectivity index (χ1) is 17.8. The zero-order chi connectivity index (χ0) is 27.7. The summed E-state index contributed by atoms with van der Waals surface area (Å²) in [6.07, 6.45) is 2.29. The number of amides is 1. The smallest absolute Gasteiger partial charge is 0.412 e. The van der Waals surface area contributed by atoms with Crippen LogP contribution in [-0.2, 0) is 27.5 Å². The number of halogens is 1. The van der Waals surface area contributed by atoms with Crippen molar-refractivity contribution in [3.05, 3.63) is 81.7 Å². The number of aromatic nitrogens is 3. The Hall–Kier alpha value is -3.76. The lowest BCUT2D eigenvalue weighted by Gasteiger charge is -2.19. The molecule has 0 fully saturated rings. The highest BCUT2D eigenvalue weighted by molar-refractivity contribution is 7.90. The summed E-state index contributed by atoms with van der Waals surface area (Å²) < 4.78 is 30.9. The summed E-state index contributed by atoms with van der Waals surface area (Å²) >= 11 is 6.38. The fraction of sp³-hybridized carbons (Fsp3) is 0.259. The topological polar surface area (TPSA) is 120 Å². The van der Waals surface area contributed by atoms with Crippen LogP contribution in [-0.4, -0.2) is 40.9 Å². The fourth-order valence-electron chi connectivity index (χ4n) is 3.82. The third-order valence-electron chi connectivity index (χ3n) is 5.52. The van der Waals surface area contributed by atoms with Crippen LogP contribution in [0.4, 0.5) is 10.5 Å². The van der Waals surface area contributed by atoms with Crippen LogP contribution in [0.1, 0.15) is 26.3 Å². The molecule has 38 heavy (non-hydrogen) atoms. The second-order valence-electron chi connectivity index (χ2n) is 9.77. The molecule has 0 saturated carbocycles. The number of fused-ring (bicyclic) bond motifs is 1. The zero-order valence-electron chi connectivity index (χ0n) is 21.4. The van der Waals surface area contributed by atoms with Gasteiger partial charge in [-0.3, -0.25) is 14.7 Å². The molecule has 0 atom stereocenters. The van der Waals surface area contributed by atoms with Crippen molar-refractivity contribution in [3.8, 4) is 11.1 Å². The molecule has 198 valence electrons. The Morgan fingerprint density at radius 3 is 2.39 bits per heavy atom. The quantitative estimate of drug-likeness (QED) is 0.329. The lowest BCUT2D eigenvalue weighted by Crippen LogP contribution is -2.27. The molecule has 0 aliphatic heterocycles. The number of aryl methyl sites for hydroxylation is 2. The average molecular weight is 555 g/mol. The number of sulfone groups is 1. The predicted molar refractivity (Wildman–Crippen MR) is 147 cm³/mol. The second kappa shape index (κ2) is 10.5. The molecule has 4 aromatic rings. The van der Waals surface area contributed by atoms with Crippen LogP contribution >= 0.6 is 11.6 Å². The van der Waals surface area contributed by atoms with Gasteiger partial charge in [0.2, 0.25) is 15.0 Å². The van der Waals surface area contributed by atoms with Crippen molar-refractivity contribution >= 4 is 44.3 Å². The molecule has 0 bridgehead atoms. The number of nitrogens with zero attached hydrogens (tertiary/aromatic N) is 3. The SMILES string of the molecule is CC(C)(C)OC(=O)Nc1ccc(CCn2c(=O)c(-c3ccccc3Cl)cc3cnc(S(C)(=O)=O)nc32)cc1. The molecule has 0 aliphatic carbocycles. The van der Waals surface area contributed by atoms with Crippen LogP contribution in [0.25, 0.3) is 22.2 Å². The van der Waals surface area contributed by atoms with Crippen molar-refractivity contribution < 1.29 is 17.9 Å². The Bertz CT molecular complexity index is 1680. The molecule has 0 unspecified atom stereocenters. The summed E-state index contributed by atoms with van der Waals surface area (Å²) in [4.78, 5) is 33.9. The van der Waals surface area contributed by atoms with E-state index in [-0.39, 0.29) is 22.9 Å². The molecule has 0 radical (unpaired) electrons. The van der Waals surface area contributed by atoms with Gasteiger partial charge in [0.15, 0.2) is 0 Å². The van der Waals surface area contributed by atoms with E-state index in [1.165, 1.54) is 10.8 Å². The van der Waals surface area contributed by atoms with Crippen LogP contribution in [0.15, 0.2) is 70.7 Å². The highest BCUT2D eigenvalue weighted by atomic mass is 35.5. The molecule has 2 aromatic heterocycles. The molecule has 1 N–H and O–H groups in total. The molecule has 2 heterocycles. The zero-order valence-corrected chi connectivity index (χ0v) is 22.9. The van der Waals surface area contributed by atoms with Gasteiger partial charge in [0.05, 0.1) is 0 Å². The number of carbonyl (C=O) groups excluding carboxylic acids is 1. The van der Waals surface area contributed by atoms with Gasteiger partial charge in [-0.05, 0) is 57.0 Å². The monoisotopic (exact) mass is 554 g/mol. The van der Waals surface area contributed by atoms with E-state index >= 15 is 0 Å². The maximum Gasteiger partial charge on any atom is 0.412 e. The maximum absolute atomic E-state index is 13.6. The summed E-state index contributed by atoms with van der Waals surface area (Å²) in [5.41, 5.74) is 1.61. The Labute approximate surface area is 225 Å². The molecule has 0 saturated heterocycles. The minimum atomic E-state index is -3.69. The normalized spacial score (nSPS) is 11.9. The summed E-state index contributed by atoms with van der Waals surface area (Å²) in [5, 5.41) is 3.24. The molecule has 1 amide bonds. The number of hydrogen-bond acceptors (Lipinski definition) is 7. The van der Waals surface area contributed by atoms with Gasteiger partial charge in [0.1, 0.15) is 11.2 Å². The molecule has 11 heteroatoms. The van der Waals surface area contributed by atoms with Gasteiger partial charge in [-0.1, -0.05) is 41.9 Å². The standard InChI is InChI=1S/C27H27ClN4O5S/c1-27(2,3)37-26(34)30-19-11-9-17(10-12-19)13-14-32-23-18(16-29-25(31-23)38(4,35)36)15-21(24(32)33)20-7-5-6-8-22(20)28/h5-12,15-16H,13-14H2,1-4H3,(H,30,34). The van der Waals surface area contributed by atoms with E-state index in [1.54, 1.807) is 63.2 Å². The number of carbonyl (C=O) groups is 1. The Kier molecular flexibility index (Phi) is 7.57. The first-order valence-corrected chi connectivity index (χ1v) is 14.0. The number of rotatable bonds is 6. The van der Waals surface area contributed by atoms with E-state index in [0.717, 1.165) is 11.8 Å². The predicted octanol–water partition coefficient (Wildman–Crippen LogP) is 5.11. The van der Waals surface area contributed by atoms with Crippen LogP contribution in [0, 0.1) is 0 Å². The second-order valence-corrected chi connectivity index (χ2v) is 12.1. The van der Waals surface area contributed by atoms with Crippen LogP contribution < -0.4 is 10.9 Å². The van der Waals surface area contributed by atoms with Gasteiger partial charge in [0, 0.05) is 46.2 Å². The van der Waals surface area contributed by atoms with Crippen molar-refractivity contribution in [3.63, 3.8) is 0 Å². The lowest BCUT2D eigenvalue weighted by molar-refractivity contribution is 0.0636. The van der Waals surface area contributed by atoms with Crippen molar-refractivity contribution in [1.29, 1.82) is 0 Å². The third-order valence-corrected chi connectivity index (χ3v) is 6.71. The molecular weight excluding hydrogens is 528 g/mol. The Morgan fingerprint density at radius 2 is 1.76 bits per heavy atom. The molecule has 9 nitrogen and oxygen atoms in total.